The van der Waals surface area contributed by atoms with Gasteiger partial charge in [0.2, 0.25) is 5.91 Å². The molecule has 0 aliphatic carbocycles. The smallest absolute Gasteiger partial charge is 0.217 e. The maximum Gasteiger partial charge on any atom is 0.217 e. The van der Waals surface area contributed by atoms with Crippen LogP contribution in [0.5, 0.6) is 0 Å². The Morgan fingerprint density at radius 2 is 0.943 bits per heavy atom. The van der Waals surface area contributed by atoms with E-state index in [0.29, 0.717) is 13.2 Å². The maximum absolute atomic E-state index is 12.3. The van der Waals surface area contributed by atoms with E-state index in [1.807, 2.05) is 0 Å². The van der Waals surface area contributed by atoms with Gasteiger partial charge in [0.15, 0.2) is 41.6 Å². The molecule has 35 heavy (non-hydrogen) atoms. The van der Waals surface area contributed by atoms with Gasteiger partial charge in [-0.3, -0.25) is 4.79 Å². The van der Waals surface area contributed by atoms with Gasteiger partial charge >= 0.3 is 0 Å². The molecule has 0 spiro atoms. The number of carbonyl (C=O) groups excluding carboxylic acids is 1. The maximum atomic E-state index is 12.3. The van der Waals surface area contributed by atoms with E-state index in [1.54, 1.807) is 6.92 Å². The first kappa shape index (κ1) is 35.4. The van der Waals surface area contributed by atoms with Gasteiger partial charge in [0.05, 0.1) is 37.6 Å². The fourth-order valence-corrected chi connectivity index (χ4v) is 8.02. The van der Waals surface area contributed by atoms with E-state index < -0.39 is 53.8 Å². The Morgan fingerprint density at radius 1 is 0.571 bits per heavy atom. The first-order chi connectivity index (χ1) is 15.3. The molecule has 0 aliphatic rings. The lowest BCUT2D eigenvalue weighted by Crippen LogP contribution is -2.62. The summed E-state index contributed by atoms with van der Waals surface area (Å²) in [6.07, 6.45) is -1.11. The minimum atomic E-state index is -2.05. The van der Waals surface area contributed by atoms with E-state index in [4.69, 9.17) is 22.1 Å². The molecular formula is C23H57NO6Si5. The van der Waals surface area contributed by atoms with Crippen molar-refractivity contribution in [2.24, 2.45) is 0 Å². The van der Waals surface area contributed by atoms with Crippen LogP contribution in [0, 0.1) is 0 Å². The number of hydrogen-bond acceptors (Lipinski definition) is 6. The molecule has 0 heterocycles. The molecule has 7 nitrogen and oxygen atoms in total. The van der Waals surface area contributed by atoms with Gasteiger partial charge in [0, 0.05) is 6.92 Å². The van der Waals surface area contributed by atoms with Crippen molar-refractivity contribution in [3.63, 3.8) is 0 Å². The summed E-state index contributed by atoms with van der Waals surface area (Å²) >= 11 is 0. The SMILES string of the molecule is CC(=O)NC(CO[Si](C)(C)C)C(O[Si](C)(C)C)C(O[Si](C)(C)C)C(CO[Si](C)(C)C)O[Si](C)(C)C. The largest absolute Gasteiger partial charge is 0.415 e. The van der Waals surface area contributed by atoms with Crippen LogP contribution < -0.4 is 5.32 Å². The molecule has 0 aromatic rings. The predicted molar refractivity (Wildman–Crippen MR) is 161 cm³/mol. The Balaban J connectivity index is 6.69. The molecule has 12 heteroatoms. The standard InChI is InChI=1S/C23H57NO6Si5/c1-19(25)24-20(17-26-31(2,3)4)22(29-34(11,12)13)23(30-35(14,15)16)21(28-33(8,9)10)18-27-32(5,6)7/h20-23H,17-18H2,1-16H3,(H,24,25). The molecule has 1 N–H and O–H groups in total. The molecule has 0 rings (SSSR count). The Morgan fingerprint density at radius 3 is 1.29 bits per heavy atom. The molecule has 0 radical (unpaired) electrons. The van der Waals surface area contributed by atoms with Crippen LogP contribution in [0.25, 0.3) is 0 Å². The van der Waals surface area contributed by atoms with Crippen molar-refractivity contribution >= 4 is 47.5 Å². The second kappa shape index (κ2) is 13.4. The van der Waals surface area contributed by atoms with Crippen molar-refractivity contribution in [1.29, 1.82) is 0 Å². The highest BCUT2D eigenvalue weighted by atomic mass is 28.4. The molecule has 0 saturated carbocycles. The number of amides is 1. The first-order valence-electron chi connectivity index (χ1n) is 12.9. The van der Waals surface area contributed by atoms with Crippen molar-refractivity contribution in [3.8, 4) is 0 Å². The quantitative estimate of drug-likeness (QED) is 0.230. The molecule has 0 bridgehead atoms. The summed E-state index contributed by atoms with van der Waals surface area (Å²) in [7, 11) is -9.68. The molecule has 1 amide bonds. The second-order valence-electron chi connectivity index (χ2n) is 14.3. The van der Waals surface area contributed by atoms with Crippen LogP contribution in [-0.2, 0) is 26.9 Å². The van der Waals surface area contributed by atoms with E-state index in [-0.39, 0.29) is 18.1 Å². The van der Waals surface area contributed by atoms with Gasteiger partial charge in [-0.15, -0.1) is 0 Å². The van der Waals surface area contributed by atoms with E-state index in [2.05, 4.69) is 104 Å². The van der Waals surface area contributed by atoms with Crippen LogP contribution in [0.15, 0.2) is 0 Å². The van der Waals surface area contributed by atoms with Crippen molar-refractivity contribution < 1.29 is 26.9 Å². The summed E-state index contributed by atoms with van der Waals surface area (Å²) in [5, 5.41) is 3.15. The zero-order chi connectivity index (χ0) is 28.0. The normalized spacial score (nSPS) is 17.6. The molecule has 0 aromatic carbocycles. The topological polar surface area (TPSA) is 75.3 Å². The van der Waals surface area contributed by atoms with Gasteiger partial charge in [-0.2, -0.15) is 0 Å². The summed E-state index contributed by atoms with van der Waals surface area (Å²) in [6, 6.07) is -0.355. The molecule has 0 aliphatic heterocycles. The molecule has 0 saturated heterocycles. The zero-order valence-corrected chi connectivity index (χ0v) is 30.7. The summed E-state index contributed by atoms with van der Waals surface area (Å²) in [4.78, 5) is 12.3. The lowest BCUT2D eigenvalue weighted by atomic mass is 10.0. The Labute approximate surface area is 222 Å². The van der Waals surface area contributed by atoms with Crippen molar-refractivity contribution in [3.05, 3.63) is 0 Å². The van der Waals surface area contributed by atoms with Crippen LogP contribution in [-0.4, -0.2) is 85.1 Å². The van der Waals surface area contributed by atoms with E-state index in [1.165, 1.54) is 0 Å². The van der Waals surface area contributed by atoms with Crippen LogP contribution in [0.1, 0.15) is 6.92 Å². The fourth-order valence-electron chi connectivity index (χ4n) is 3.35. The number of hydrogen-bond donors (Lipinski definition) is 1. The van der Waals surface area contributed by atoms with Crippen molar-refractivity contribution in [1.82, 2.24) is 5.32 Å². The van der Waals surface area contributed by atoms with Gasteiger partial charge in [-0.05, 0) is 98.2 Å². The lowest BCUT2D eigenvalue weighted by molar-refractivity contribution is -0.122. The fraction of sp³-hybridized carbons (Fsp3) is 0.957. The first-order valence-corrected chi connectivity index (χ1v) is 29.9. The van der Waals surface area contributed by atoms with E-state index in [9.17, 15) is 4.79 Å². The highest BCUT2D eigenvalue weighted by Gasteiger charge is 2.44. The third-order valence-corrected chi connectivity index (χ3v) is 9.37. The molecular weight excluding hydrogens is 527 g/mol. The second-order valence-corrected chi connectivity index (χ2v) is 36.7. The van der Waals surface area contributed by atoms with Crippen LogP contribution in [0.3, 0.4) is 0 Å². The van der Waals surface area contributed by atoms with Gasteiger partial charge in [-0.25, -0.2) is 0 Å². The Bertz CT molecular complexity index is 647. The van der Waals surface area contributed by atoms with Crippen LogP contribution >= 0.6 is 0 Å². The van der Waals surface area contributed by atoms with E-state index in [0.717, 1.165) is 0 Å². The average Bonchev–Trinajstić information content (AvgIpc) is 2.54. The molecule has 0 aromatic heterocycles. The highest BCUT2D eigenvalue weighted by molar-refractivity contribution is 6.71. The minimum Gasteiger partial charge on any atom is -0.415 e. The summed E-state index contributed by atoms with van der Waals surface area (Å²) in [5.74, 6) is -0.105. The summed E-state index contributed by atoms with van der Waals surface area (Å²) in [5.41, 5.74) is 0. The van der Waals surface area contributed by atoms with Gasteiger partial charge in [0.1, 0.15) is 0 Å². The van der Waals surface area contributed by atoms with Crippen molar-refractivity contribution in [2.75, 3.05) is 13.2 Å². The van der Waals surface area contributed by atoms with Crippen molar-refractivity contribution in [2.45, 2.75) is 129 Å². The Kier molecular flexibility index (Phi) is 13.6. The third-order valence-electron chi connectivity index (χ3n) is 4.34. The molecule has 210 valence electrons. The molecule has 4 atom stereocenters. The van der Waals surface area contributed by atoms with Crippen LogP contribution in [0.2, 0.25) is 98.2 Å². The number of nitrogens with one attached hydrogen (secondary N) is 1. The van der Waals surface area contributed by atoms with Crippen LogP contribution in [0.4, 0.5) is 0 Å². The third kappa shape index (κ3) is 19.1. The molecule has 4 unspecified atom stereocenters. The lowest BCUT2D eigenvalue weighted by Gasteiger charge is -2.45. The highest BCUT2D eigenvalue weighted by Crippen LogP contribution is 2.27. The number of carbonyl (C=O) groups is 1. The van der Waals surface area contributed by atoms with E-state index >= 15 is 0 Å². The minimum absolute atomic E-state index is 0.105. The predicted octanol–water partition coefficient (Wildman–Crippen LogP) is 5.85. The van der Waals surface area contributed by atoms with Gasteiger partial charge in [-0.1, -0.05) is 0 Å². The average molecular weight is 584 g/mol. The summed E-state index contributed by atoms with van der Waals surface area (Å²) < 4.78 is 33.2. The molecule has 0 fully saturated rings. The monoisotopic (exact) mass is 583 g/mol. The van der Waals surface area contributed by atoms with Gasteiger partial charge < -0.3 is 27.4 Å². The van der Waals surface area contributed by atoms with Gasteiger partial charge in [0.25, 0.3) is 0 Å². The Hall–Kier alpha value is 0.354. The number of rotatable bonds is 16. The zero-order valence-electron chi connectivity index (χ0n) is 25.7. The summed E-state index contributed by atoms with van der Waals surface area (Å²) in [6.45, 7) is 35.0.